The summed E-state index contributed by atoms with van der Waals surface area (Å²) in [5, 5.41) is 18.2. The number of nitrogens with zero attached hydrogens (tertiary/aromatic N) is 5. The Hall–Kier alpha value is -6.85. The van der Waals surface area contributed by atoms with Gasteiger partial charge in [0.15, 0.2) is 11.7 Å². The van der Waals surface area contributed by atoms with E-state index in [9.17, 15) is 43.5 Å². The number of carbonyl (C=O) groups excluding carboxylic acids is 8. The largest absolute Gasteiger partial charge is 0.505 e. The van der Waals surface area contributed by atoms with Crippen molar-refractivity contribution >= 4 is 52.9 Å². The highest BCUT2D eigenvalue weighted by atomic mass is 16.5. The summed E-state index contributed by atoms with van der Waals surface area (Å²) >= 11 is 0. The van der Waals surface area contributed by atoms with Crippen molar-refractivity contribution in [3.8, 4) is 5.75 Å². The maximum absolute atomic E-state index is 15.0. The Labute approximate surface area is 365 Å². The van der Waals surface area contributed by atoms with Crippen LogP contribution in [-0.2, 0) is 44.7 Å². The van der Waals surface area contributed by atoms with E-state index < -0.39 is 95.2 Å². The minimum absolute atomic E-state index is 0.0299. The third-order valence-corrected chi connectivity index (χ3v) is 11.8. The highest BCUT2D eigenvalue weighted by molar-refractivity contribution is 6.01. The number of pyridine rings is 1. The van der Waals surface area contributed by atoms with E-state index in [4.69, 9.17) is 4.74 Å². The van der Waals surface area contributed by atoms with Gasteiger partial charge in [-0.25, -0.2) is 9.78 Å². The Balaban J connectivity index is 1.44. The predicted molar refractivity (Wildman–Crippen MR) is 228 cm³/mol. The van der Waals surface area contributed by atoms with Crippen LogP contribution in [0, 0.1) is 0 Å². The molecule has 2 aromatic carbocycles. The molecule has 3 aromatic rings. The molecule has 0 bridgehead atoms. The number of aromatic nitrogens is 1. The van der Waals surface area contributed by atoms with Crippen molar-refractivity contribution in [2.24, 2.45) is 0 Å². The zero-order chi connectivity index (χ0) is 45.5. The van der Waals surface area contributed by atoms with E-state index in [0.717, 1.165) is 5.69 Å². The number of nitrogens with one attached hydrogen (secondary N) is 3. The van der Waals surface area contributed by atoms with Crippen LogP contribution in [0.4, 0.5) is 5.69 Å². The van der Waals surface area contributed by atoms with Crippen LogP contribution in [0.2, 0.25) is 0 Å². The molecule has 4 N–H and O–H groups in total. The van der Waals surface area contributed by atoms with Crippen LogP contribution in [0.5, 0.6) is 5.75 Å². The molecule has 63 heavy (non-hydrogen) atoms. The third kappa shape index (κ3) is 10.3. The number of piperidine rings is 1. The lowest BCUT2D eigenvalue weighted by Gasteiger charge is -2.40. The summed E-state index contributed by atoms with van der Waals surface area (Å²) in [6, 6.07) is 10.1. The summed E-state index contributed by atoms with van der Waals surface area (Å²) < 4.78 is 5.85. The number of hydrogen-bond donors (Lipinski definition) is 4. The van der Waals surface area contributed by atoms with Gasteiger partial charge in [0.1, 0.15) is 47.8 Å². The number of cyclic esters (lactones) is 1. The number of amides is 6. The van der Waals surface area contributed by atoms with Crippen LogP contribution < -0.4 is 20.9 Å². The third-order valence-electron chi connectivity index (χ3n) is 11.8. The zero-order valence-electron chi connectivity index (χ0n) is 36.0. The number of fused-ring (bicyclic) bond motifs is 2. The molecule has 0 unspecified atom stereocenters. The number of ether oxygens (including phenoxy) is 1. The average molecular weight is 867 g/mol. The summed E-state index contributed by atoms with van der Waals surface area (Å²) in [7, 11) is 5.25. The van der Waals surface area contributed by atoms with Crippen LogP contribution in [0.15, 0.2) is 72.9 Å². The molecule has 7 atom stereocenters. The van der Waals surface area contributed by atoms with Gasteiger partial charge in [-0.1, -0.05) is 49.4 Å². The number of esters is 1. The average Bonchev–Trinajstić information content (AvgIpc) is 3.77. The van der Waals surface area contributed by atoms with Crippen molar-refractivity contribution < 1.29 is 48.2 Å². The lowest BCUT2D eigenvalue weighted by atomic mass is 9.95. The molecule has 0 spiro atoms. The standard InChI is InChI=1S/C45H54N8O10/c1-6-31-42(59)52-22-11-14-32(52)43(60)51(5)34(24-27-16-18-29(19-17-27)50(3)4)44(61)53-23-20-30(54)25-33(53)39(56)49-37(28-12-8-7-9-13-28)45(62)63-26(2)36(40(57)47-31)48-41(58)38-35(55)15-10-21-46-38/h7-10,12-13,15-19,21,26,31-34,36-37,55H,6,11,14,20,22-25H2,1-5H3,(H,47,57)(H,48,58)(H,49,56)/t26-,31-,32+,33+,34-,36+,37+/m1/s1. The first-order valence-corrected chi connectivity index (χ1v) is 21.1. The molecule has 3 aliphatic rings. The maximum atomic E-state index is 15.0. The maximum Gasteiger partial charge on any atom is 0.333 e. The fraction of sp³-hybridized carbons (Fsp3) is 0.444. The van der Waals surface area contributed by atoms with Gasteiger partial charge >= 0.3 is 5.97 Å². The SMILES string of the molecule is CC[C@H]1NC(=O)[C@@H](NC(=O)c2ncccc2O)[C@@H](C)OC(=O)[C@H](c2ccccc2)NC(=O)[C@@H]2CC(=O)CCN2C(=O)[C@@H](Cc2ccc(N(C)C)cc2)N(C)C(=O)[C@@H]2CCCN2C1=O. The smallest absolute Gasteiger partial charge is 0.333 e. The fourth-order valence-electron chi connectivity index (χ4n) is 8.20. The van der Waals surface area contributed by atoms with E-state index in [1.807, 2.05) is 43.3 Å². The molecule has 0 aliphatic carbocycles. The predicted octanol–water partition coefficient (Wildman–Crippen LogP) is 1.27. The van der Waals surface area contributed by atoms with Gasteiger partial charge in [-0.3, -0.25) is 33.6 Å². The highest BCUT2D eigenvalue weighted by Crippen LogP contribution is 2.27. The minimum Gasteiger partial charge on any atom is -0.505 e. The van der Waals surface area contributed by atoms with Gasteiger partial charge < -0.3 is 45.4 Å². The van der Waals surface area contributed by atoms with Crippen LogP contribution in [0.1, 0.15) is 73.6 Å². The lowest BCUT2D eigenvalue weighted by Crippen LogP contribution is -2.61. The first kappa shape index (κ1) is 45.7. The molecule has 0 saturated carbocycles. The normalized spacial score (nSPS) is 25.4. The molecule has 18 heteroatoms. The van der Waals surface area contributed by atoms with E-state index in [-0.39, 0.29) is 56.5 Å². The molecule has 6 amide bonds. The lowest BCUT2D eigenvalue weighted by molar-refractivity contribution is -0.156. The van der Waals surface area contributed by atoms with Crippen LogP contribution in [-0.4, -0.2) is 143 Å². The van der Waals surface area contributed by atoms with Gasteiger partial charge in [-0.2, -0.15) is 0 Å². The van der Waals surface area contributed by atoms with Crippen molar-refractivity contribution in [1.82, 2.24) is 35.6 Å². The van der Waals surface area contributed by atoms with Crippen LogP contribution in [0.3, 0.4) is 0 Å². The number of anilines is 1. The Morgan fingerprint density at radius 2 is 1.57 bits per heavy atom. The van der Waals surface area contributed by atoms with Gasteiger partial charge in [-0.05, 0) is 61.6 Å². The first-order chi connectivity index (χ1) is 30.1. The van der Waals surface area contributed by atoms with Crippen molar-refractivity contribution in [2.75, 3.05) is 39.1 Å². The summed E-state index contributed by atoms with van der Waals surface area (Å²) in [6.45, 7) is 3.02. The second kappa shape index (κ2) is 19.9. The Morgan fingerprint density at radius 3 is 2.24 bits per heavy atom. The Morgan fingerprint density at radius 1 is 0.873 bits per heavy atom. The van der Waals surface area contributed by atoms with Crippen molar-refractivity contribution in [3.63, 3.8) is 0 Å². The molecule has 18 nitrogen and oxygen atoms in total. The second-order valence-electron chi connectivity index (χ2n) is 16.2. The number of aromatic hydroxyl groups is 1. The summed E-state index contributed by atoms with van der Waals surface area (Å²) in [5.74, 6) is -6.33. The monoisotopic (exact) mass is 866 g/mol. The number of carbonyl (C=O) groups is 8. The molecule has 334 valence electrons. The van der Waals surface area contributed by atoms with Gasteiger partial charge in [0.25, 0.3) is 5.91 Å². The van der Waals surface area contributed by atoms with Crippen molar-refractivity contribution in [2.45, 2.75) is 94.7 Å². The molecule has 4 heterocycles. The van der Waals surface area contributed by atoms with Gasteiger partial charge in [0.2, 0.25) is 29.5 Å². The van der Waals surface area contributed by atoms with E-state index >= 15 is 0 Å². The molecule has 0 radical (unpaired) electrons. The van der Waals surface area contributed by atoms with Crippen molar-refractivity contribution in [1.29, 1.82) is 0 Å². The van der Waals surface area contributed by atoms with Gasteiger partial charge in [0, 0.05) is 65.4 Å². The molecule has 3 fully saturated rings. The quantitative estimate of drug-likeness (QED) is 0.247. The van der Waals surface area contributed by atoms with E-state index in [2.05, 4.69) is 20.9 Å². The van der Waals surface area contributed by atoms with E-state index in [1.54, 1.807) is 37.3 Å². The molecular weight excluding hydrogens is 813 g/mol. The minimum atomic E-state index is -1.68. The Bertz CT molecular complexity index is 2220. The van der Waals surface area contributed by atoms with Crippen molar-refractivity contribution in [3.05, 3.63) is 89.7 Å². The number of rotatable bonds is 7. The Kier molecular flexibility index (Phi) is 14.4. The summed E-state index contributed by atoms with van der Waals surface area (Å²) in [6.07, 6.45) is 0.175. The summed E-state index contributed by atoms with van der Waals surface area (Å²) in [4.78, 5) is 123. The highest BCUT2D eigenvalue weighted by Gasteiger charge is 2.45. The molecule has 6 rings (SSSR count). The van der Waals surface area contributed by atoms with Crippen LogP contribution >= 0.6 is 0 Å². The number of likely N-dealkylation sites (N-methyl/N-ethyl adjacent to an activating group) is 1. The number of hydrogen-bond acceptors (Lipinski definition) is 12. The molecule has 1 aromatic heterocycles. The molecule has 3 saturated heterocycles. The fourth-order valence-corrected chi connectivity index (χ4v) is 8.20. The summed E-state index contributed by atoms with van der Waals surface area (Å²) in [5.41, 5.74) is 1.45. The van der Waals surface area contributed by atoms with E-state index in [1.165, 1.54) is 47.0 Å². The number of Topliss-reactive ketones (excluding diaryl/α,β-unsaturated/α-hetero) is 1. The first-order valence-electron chi connectivity index (χ1n) is 21.1. The van der Waals surface area contributed by atoms with Gasteiger partial charge in [-0.15, -0.1) is 0 Å². The van der Waals surface area contributed by atoms with Gasteiger partial charge in [0.05, 0.1) is 0 Å². The van der Waals surface area contributed by atoms with E-state index in [0.29, 0.717) is 12.0 Å². The molecular formula is C45H54N8O10. The topological polar surface area (TPSA) is 228 Å². The second-order valence-corrected chi connectivity index (χ2v) is 16.2. The van der Waals surface area contributed by atoms with Crippen LogP contribution in [0.25, 0.3) is 0 Å². The molecule has 3 aliphatic heterocycles. The number of benzene rings is 2. The zero-order valence-corrected chi connectivity index (χ0v) is 36.0. The number of ketones is 1.